The van der Waals surface area contributed by atoms with Crippen LogP contribution >= 0.6 is 0 Å². The van der Waals surface area contributed by atoms with Gasteiger partial charge in [-0.15, -0.1) is 0 Å². The first-order valence-corrected chi connectivity index (χ1v) is 5.49. The molecule has 4 nitrogen and oxygen atoms in total. The number of aromatic nitrogens is 2. The van der Waals surface area contributed by atoms with E-state index in [4.69, 9.17) is 0 Å². The number of imidazole rings is 1. The molecule has 84 valence electrons. The van der Waals surface area contributed by atoms with Crippen LogP contribution in [-0.2, 0) is 0 Å². The lowest BCUT2D eigenvalue weighted by molar-refractivity contribution is 0.228. The number of nitrogens with zero attached hydrogens (tertiary/aromatic N) is 3. The largest absolute Gasteiger partial charge is 0.352 e. The summed E-state index contributed by atoms with van der Waals surface area (Å²) >= 11 is 0. The summed E-state index contributed by atoms with van der Waals surface area (Å²) in [4.78, 5) is 11.5. The highest BCUT2D eigenvalue weighted by Crippen LogP contribution is 2.25. The number of unbranched alkanes of at least 4 members (excludes halogenated alkanes) is 1. The molecule has 2 heterocycles. The predicted molar refractivity (Wildman–Crippen MR) is 62.8 cm³/mol. The third kappa shape index (κ3) is 2.03. The van der Waals surface area contributed by atoms with E-state index in [2.05, 4.69) is 33.8 Å². The second-order valence-corrected chi connectivity index (χ2v) is 3.76. The smallest absolute Gasteiger partial charge is 0.172 e. The van der Waals surface area contributed by atoms with Crippen LogP contribution in [0.25, 0.3) is 0 Å². The van der Waals surface area contributed by atoms with Gasteiger partial charge in [0, 0.05) is 44.3 Å². The molecule has 0 saturated heterocycles. The molecule has 0 spiro atoms. The van der Waals surface area contributed by atoms with Crippen molar-refractivity contribution >= 4 is 0 Å². The Morgan fingerprint density at radius 2 is 2.38 bits per heavy atom. The molecule has 0 bridgehead atoms. The maximum absolute atomic E-state index is 4.28. The summed E-state index contributed by atoms with van der Waals surface area (Å²) < 4.78 is 0. The molecule has 1 aliphatic heterocycles. The second kappa shape index (κ2) is 4.75. The first kappa shape index (κ1) is 10.6. The third-order valence-electron chi connectivity index (χ3n) is 2.46. The highest BCUT2D eigenvalue weighted by Gasteiger charge is 2.26. The zero-order valence-corrected chi connectivity index (χ0v) is 9.64. The van der Waals surface area contributed by atoms with Crippen LogP contribution in [0.3, 0.4) is 0 Å². The van der Waals surface area contributed by atoms with Gasteiger partial charge >= 0.3 is 0 Å². The van der Waals surface area contributed by atoms with E-state index in [9.17, 15) is 0 Å². The summed E-state index contributed by atoms with van der Waals surface area (Å²) in [5.41, 5.74) is 0. The van der Waals surface area contributed by atoms with Crippen molar-refractivity contribution in [1.82, 2.24) is 19.8 Å². The number of H-pyrrole nitrogens is 1. The molecule has 0 amide bonds. The van der Waals surface area contributed by atoms with Gasteiger partial charge in [0.2, 0.25) is 0 Å². The molecule has 1 unspecified atom stereocenters. The van der Waals surface area contributed by atoms with E-state index in [-0.39, 0.29) is 6.17 Å². The summed E-state index contributed by atoms with van der Waals surface area (Å²) in [6, 6.07) is 3.15. The standard InChI is InChI=1S/C12H16N4/c1-3-4-5-8-16-10-9-15(2)12(16)11-13-6-7-14-11/h6-7,9-10,12H,3-4H2,1-2H3,(H,13,14). The lowest BCUT2D eigenvalue weighted by atomic mass is 10.3. The lowest BCUT2D eigenvalue weighted by Gasteiger charge is -2.24. The molecule has 1 aliphatic rings. The van der Waals surface area contributed by atoms with Gasteiger partial charge < -0.3 is 9.88 Å². The monoisotopic (exact) mass is 216 g/mol. The first-order chi connectivity index (χ1) is 7.83. The summed E-state index contributed by atoms with van der Waals surface area (Å²) in [5.74, 6) is 4.06. The van der Waals surface area contributed by atoms with E-state index in [0.29, 0.717) is 0 Å². The fraction of sp³-hybridized carbons (Fsp3) is 0.417. The minimum atomic E-state index is 0.0688. The fourth-order valence-corrected chi connectivity index (χ4v) is 1.65. The van der Waals surface area contributed by atoms with Gasteiger partial charge in [0.15, 0.2) is 12.0 Å². The van der Waals surface area contributed by atoms with Crippen molar-refractivity contribution in [1.29, 1.82) is 0 Å². The van der Waals surface area contributed by atoms with Crippen LogP contribution in [0.1, 0.15) is 31.8 Å². The highest BCUT2D eigenvalue weighted by atomic mass is 15.4. The van der Waals surface area contributed by atoms with Gasteiger partial charge in [-0.3, -0.25) is 4.90 Å². The van der Waals surface area contributed by atoms with Crippen molar-refractivity contribution < 1.29 is 0 Å². The topological polar surface area (TPSA) is 35.2 Å². The van der Waals surface area contributed by atoms with Crippen molar-refractivity contribution in [2.45, 2.75) is 25.9 Å². The summed E-state index contributed by atoms with van der Waals surface area (Å²) in [5, 5.41) is 0. The SMILES string of the molecule is CCCC#CN1C=CN(C)C1c1ncc[nH]1. The van der Waals surface area contributed by atoms with Crippen LogP contribution in [0.5, 0.6) is 0 Å². The second-order valence-electron chi connectivity index (χ2n) is 3.76. The Bertz CT molecular complexity index is 410. The molecule has 0 aromatic carbocycles. The van der Waals surface area contributed by atoms with Gasteiger partial charge in [-0.25, -0.2) is 4.98 Å². The average molecular weight is 216 g/mol. The number of aromatic amines is 1. The first-order valence-electron chi connectivity index (χ1n) is 5.49. The van der Waals surface area contributed by atoms with Crippen LogP contribution in [0, 0.1) is 12.0 Å². The fourth-order valence-electron chi connectivity index (χ4n) is 1.65. The Morgan fingerprint density at radius 3 is 3.06 bits per heavy atom. The minimum absolute atomic E-state index is 0.0688. The van der Waals surface area contributed by atoms with Crippen LogP contribution in [0.2, 0.25) is 0 Å². The van der Waals surface area contributed by atoms with Gasteiger partial charge in [0.25, 0.3) is 0 Å². The van der Waals surface area contributed by atoms with E-state index in [1.807, 2.05) is 30.5 Å². The van der Waals surface area contributed by atoms with Crippen LogP contribution < -0.4 is 0 Å². The van der Waals surface area contributed by atoms with Gasteiger partial charge in [0.05, 0.1) is 0 Å². The highest BCUT2D eigenvalue weighted by molar-refractivity contribution is 5.14. The predicted octanol–water partition coefficient (Wildman–Crippen LogP) is 1.89. The van der Waals surface area contributed by atoms with Crippen LogP contribution in [0.4, 0.5) is 0 Å². The molecule has 0 aliphatic carbocycles. The van der Waals surface area contributed by atoms with Gasteiger partial charge in [-0.1, -0.05) is 12.8 Å². The van der Waals surface area contributed by atoms with Crippen molar-refractivity contribution in [3.05, 3.63) is 30.6 Å². The minimum Gasteiger partial charge on any atom is -0.352 e. The number of nitrogens with one attached hydrogen (secondary N) is 1. The molecule has 1 atom stereocenters. The van der Waals surface area contributed by atoms with Crippen molar-refractivity contribution in [2.75, 3.05) is 7.05 Å². The van der Waals surface area contributed by atoms with E-state index in [1.165, 1.54) is 0 Å². The zero-order valence-electron chi connectivity index (χ0n) is 9.64. The molecular formula is C12H16N4. The van der Waals surface area contributed by atoms with Crippen molar-refractivity contribution in [2.24, 2.45) is 0 Å². The lowest BCUT2D eigenvalue weighted by Crippen LogP contribution is -2.26. The van der Waals surface area contributed by atoms with Gasteiger partial charge in [0.1, 0.15) is 0 Å². The molecule has 1 aromatic rings. The number of rotatable bonds is 2. The van der Waals surface area contributed by atoms with E-state index in [0.717, 1.165) is 18.7 Å². The summed E-state index contributed by atoms with van der Waals surface area (Å²) in [6.07, 6.45) is 9.67. The molecule has 1 N–H and O–H groups in total. The molecule has 4 heteroatoms. The van der Waals surface area contributed by atoms with Crippen molar-refractivity contribution in [3.63, 3.8) is 0 Å². The molecule has 16 heavy (non-hydrogen) atoms. The third-order valence-corrected chi connectivity index (χ3v) is 2.46. The number of hydrogen-bond acceptors (Lipinski definition) is 3. The van der Waals surface area contributed by atoms with Gasteiger partial charge in [-0.2, -0.15) is 0 Å². The Labute approximate surface area is 96.0 Å². The van der Waals surface area contributed by atoms with Crippen LogP contribution in [0.15, 0.2) is 24.8 Å². The molecule has 1 aromatic heterocycles. The maximum Gasteiger partial charge on any atom is 0.172 e. The van der Waals surface area contributed by atoms with E-state index < -0.39 is 0 Å². The molecule has 0 radical (unpaired) electrons. The van der Waals surface area contributed by atoms with E-state index in [1.54, 1.807) is 6.20 Å². The molecule has 2 rings (SSSR count). The summed E-state index contributed by atoms with van der Waals surface area (Å²) in [7, 11) is 2.02. The number of hydrogen-bond donors (Lipinski definition) is 1. The zero-order chi connectivity index (χ0) is 11.4. The normalized spacial score (nSPS) is 18.8. The van der Waals surface area contributed by atoms with E-state index >= 15 is 0 Å². The maximum atomic E-state index is 4.28. The van der Waals surface area contributed by atoms with Crippen molar-refractivity contribution in [3.8, 4) is 12.0 Å². The Hall–Kier alpha value is -1.89. The van der Waals surface area contributed by atoms with Crippen LogP contribution in [-0.4, -0.2) is 26.8 Å². The summed E-state index contributed by atoms with van der Waals surface area (Å²) in [6.45, 7) is 2.13. The quantitative estimate of drug-likeness (QED) is 0.767. The molecular weight excluding hydrogens is 200 g/mol. The molecule has 0 saturated carbocycles. The Morgan fingerprint density at radius 1 is 1.50 bits per heavy atom. The van der Waals surface area contributed by atoms with Gasteiger partial charge in [-0.05, 0) is 6.42 Å². The Kier molecular flexibility index (Phi) is 3.16. The molecule has 0 fully saturated rings. The Balaban J connectivity index is 2.14. The average Bonchev–Trinajstić information content (AvgIpc) is 2.88.